The van der Waals surface area contributed by atoms with Crippen LogP contribution in [0.1, 0.15) is 48.8 Å². The zero-order valence-electron chi connectivity index (χ0n) is 22.3. The van der Waals surface area contributed by atoms with Crippen LogP contribution < -0.4 is 10.3 Å². The molecule has 3 aromatic carbocycles. The Morgan fingerprint density at radius 2 is 1.62 bits per heavy atom. The lowest BCUT2D eigenvalue weighted by atomic mass is 10.1. The second-order valence-electron chi connectivity index (χ2n) is 9.58. The molecule has 0 bridgehead atoms. The first-order chi connectivity index (χ1) is 19.4. The van der Waals surface area contributed by atoms with Gasteiger partial charge in [-0.25, -0.2) is 13.5 Å². The second kappa shape index (κ2) is 12.2. The summed E-state index contributed by atoms with van der Waals surface area (Å²) in [5.74, 6) is 0.709. The van der Waals surface area contributed by atoms with Crippen molar-refractivity contribution in [1.29, 1.82) is 0 Å². The second-order valence-corrected chi connectivity index (χ2v) is 9.58. The third-order valence-electron chi connectivity index (χ3n) is 6.81. The van der Waals surface area contributed by atoms with Gasteiger partial charge in [-0.1, -0.05) is 31.2 Å². The number of tetrazole rings is 1. The number of hydrogen-bond acceptors (Lipinski definition) is 6. The number of fused-ring (bicyclic) bond motifs is 1. The quantitative estimate of drug-likeness (QED) is 0.240. The number of pyridine rings is 1. The molecule has 8 nitrogen and oxygen atoms in total. The van der Waals surface area contributed by atoms with Gasteiger partial charge in [0.15, 0.2) is 5.82 Å². The molecule has 206 valence electrons. The van der Waals surface area contributed by atoms with Crippen LogP contribution in [-0.4, -0.2) is 36.7 Å². The lowest BCUT2D eigenvalue weighted by molar-refractivity contribution is 0.161. The van der Waals surface area contributed by atoms with Gasteiger partial charge in [0.25, 0.3) is 5.56 Å². The minimum Gasteiger partial charge on any atom is -0.494 e. The van der Waals surface area contributed by atoms with Gasteiger partial charge < -0.3 is 9.72 Å². The van der Waals surface area contributed by atoms with Crippen molar-refractivity contribution in [3.63, 3.8) is 0 Å². The van der Waals surface area contributed by atoms with Crippen LogP contribution in [0.25, 0.3) is 10.9 Å². The number of halogens is 2. The molecule has 5 rings (SSSR count). The molecular weight excluding hydrogens is 514 g/mol. The lowest BCUT2D eigenvalue weighted by Crippen LogP contribution is -2.32. The van der Waals surface area contributed by atoms with Crippen LogP contribution in [0.2, 0.25) is 0 Å². The molecule has 2 heterocycles. The van der Waals surface area contributed by atoms with Crippen LogP contribution in [0.4, 0.5) is 8.78 Å². The van der Waals surface area contributed by atoms with Gasteiger partial charge in [-0.3, -0.25) is 9.69 Å². The van der Waals surface area contributed by atoms with Gasteiger partial charge in [0.05, 0.1) is 19.2 Å². The summed E-state index contributed by atoms with van der Waals surface area (Å²) in [4.78, 5) is 18.3. The first-order valence-corrected chi connectivity index (χ1v) is 13.2. The van der Waals surface area contributed by atoms with E-state index in [0.29, 0.717) is 44.0 Å². The van der Waals surface area contributed by atoms with Crippen molar-refractivity contribution < 1.29 is 13.5 Å². The van der Waals surface area contributed by atoms with Crippen molar-refractivity contribution in [3.05, 3.63) is 117 Å². The molecule has 40 heavy (non-hydrogen) atoms. The Kier molecular flexibility index (Phi) is 8.26. The smallest absolute Gasteiger partial charge is 0.252 e. The van der Waals surface area contributed by atoms with Crippen molar-refractivity contribution in [2.75, 3.05) is 6.61 Å². The first kappa shape index (κ1) is 27.1. The van der Waals surface area contributed by atoms with Gasteiger partial charge in [-0.15, -0.1) is 5.10 Å². The van der Waals surface area contributed by atoms with Gasteiger partial charge in [-0.2, -0.15) is 0 Å². The Bertz CT molecular complexity index is 1630. The Labute approximate surface area is 230 Å². The molecule has 0 aliphatic heterocycles. The van der Waals surface area contributed by atoms with Gasteiger partial charge in [0.1, 0.15) is 17.4 Å². The molecule has 1 N–H and O–H groups in total. The van der Waals surface area contributed by atoms with E-state index >= 15 is 0 Å². The number of aromatic nitrogens is 5. The summed E-state index contributed by atoms with van der Waals surface area (Å²) in [6.45, 7) is 5.57. The average Bonchev–Trinajstić information content (AvgIpc) is 3.40. The van der Waals surface area contributed by atoms with E-state index in [1.165, 1.54) is 24.3 Å². The number of rotatable bonds is 11. The third-order valence-corrected chi connectivity index (χ3v) is 6.81. The highest BCUT2D eigenvalue weighted by atomic mass is 19.1. The molecule has 2 aromatic heterocycles. The van der Waals surface area contributed by atoms with Crippen LogP contribution in [0.3, 0.4) is 0 Å². The first-order valence-electron chi connectivity index (χ1n) is 13.2. The van der Waals surface area contributed by atoms with E-state index < -0.39 is 0 Å². The van der Waals surface area contributed by atoms with Crippen molar-refractivity contribution in [3.8, 4) is 5.75 Å². The summed E-state index contributed by atoms with van der Waals surface area (Å²) in [5.41, 5.74) is 2.83. The number of hydrogen-bond donors (Lipinski definition) is 1. The van der Waals surface area contributed by atoms with Crippen LogP contribution in [0.5, 0.6) is 5.75 Å². The summed E-state index contributed by atoms with van der Waals surface area (Å²) < 4.78 is 34.5. The minimum absolute atomic E-state index is 0.193. The van der Waals surface area contributed by atoms with E-state index in [1.54, 1.807) is 28.9 Å². The maximum absolute atomic E-state index is 13.7. The molecule has 0 saturated carbocycles. The summed E-state index contributed by atoms with van der Waals surface area (Å²) in [6, 6.07) is 19.7. The fraction of sp³-hybridized carbons (Fsp3) is 0.267. The average molecular weight is 545 g/mol. The molecule has 1 atom stereocenters. The molecular formula is C30H30F2N6O2. The fourth-order valence-corrected chi connectivity index (χ4v) is 4.85. The monoisotopic (exact) mass is 544 g/mol. The molecule has 0 aliphatic rings. The van der Waals surface area contributed by atoms with Crippen molar-refractivity contribution in [1.82, 2.24) is 30.1 Å². The van der Waals surface area contributed by atoms with Crippen LogP contribution >= 0.6 is 0 Å². The number of ether oxygens (including phenoxy) is 1. The van der Waals surface area contributed by atoms with E-state index in [2.05, 4.69) is 25.4 Å². The van der Waals surface area contributed by atoms with E-state index in [9.17, 15) is 13.6 Å². The maximum Gasteiger partial charge on any atom is 0.252 e. The van der Waals surface area contributed by atoms with Crippen LogP contribution in [0, 0.1) is 11.6 Å². The number of aromatic amines is 1. The molecule has 0 fully saturated rings. The molecule has 0 saturated heterocycles. The molecule has 0 radical (unpaired) electrons. The SMILES string of the molecule is CCOc1ccc2[nH]c(=O)c(CN(Cc3ccc(F)cc3)[C@@H](CC)c3nnnn3Cc3ccc(F)cc3)cc2c1. The van der Waals surface area contributed by atoms with Crippen molar-refractivity contribution in [2.45, 2.75) is 45.9 Å². The third kappa shape index (κ3) is 6.23. The summed E-state index contributed by atoms with van der Waals surface area (Å²) in [5, 5.41) is 13.3. The highest BCUT2D eigenvalue weighted by Gasteiger charge is 2.26. The Morgan fingerprint density at radius 3 is 2.30 bits per heavy atom. The predicted octanol–water partition coefficient (Wildman–Crippen LogP) is 5.39. The Balaban J connectivity index is 1.51. The summed E-state index contributed by atoms with van der Waals surface area (Å²) >= 11 is 0. The van der Waals surface area contributed by atoms with E-state index in [-0.39, 0.29) is 23.2 Å². The summed E-state index contributed by atoms with van der Waals surface area (Å²) in [7, 11) is 0. The van der Waals surface area contributed by atoms with Gasteiger partial charge in [-0.05, 0) is 83.4 Å². The predicted molar refractivity (Wildman–Crippen MR) is 148 cm³/mol. The Morgan fingerprint density at radius 1 is 0.925 bits per heavy atom. The highest BCUT2D eigenvalue weighted by Crippen LogP contribution is 2.27. The van der Waals surface area contributed by atoms with Crippen LogP contribution in [-0.2, 0) is 19.6 Å². The zero-order chi connectivity index (χ0) is 28.1. The zero-order valence-corrected chi connectivity index (χ0v) is 22.3. The van der Waals surface area contributed by atoms with E-state index in [0.717, 1.165) is 27.8 Å². The lowest BCUT2D eigenvalue weighted by Gasteiger charge is -2.30. The molecule has 0 amide bonds. The molecule has 0 aliphatic carbocycles. The van der Waals surface area contributed by atoms with Gasteiger partial charge >= 0.3 is 0 Å². The molecule has 0 unspecified atom stereocenters. The van der Waals surface area contributed by atoms with Crippen molar-refractivity contribution >= 4 is 10.9 Å². The molecule has 10 heteroatoms. The number of nitrogens with zero attached hydrogens (tertiary/aromatic N) is 5. The highest BCUT2D eigenvalue weighted by molar-refractivity contribution is 5.80. The van der Waals surface area contributed by atoms with Crippen LogP contribution in [0.15, 0.2) is 77.6 Å². The molecule has 5 aromatic rings. The molecule has 0 spiro atoms. The fourth-order valence-electron chi connectivity index (χ4n) is 4.85. The maximum atomic E-state index is 13.7. The largest absolute Gasteiger partial charge is 0.494 e. The van der Waals surface area contributed by atoms with Crippen molar-refractivity contribution in [2.24, 2.45) is 0 Å². The van der Waals surface area contributed by atoms with E-state index in [1.807, 2.05) is 38.1 Å². The number of H-pyrrole nitrogens is 1. The standard InChI is InChI=1S/C30H30F2N6O2/c1-3-28(29-34-35-36-38(29)18-21-7-11-25(32)12-8-21)37(17-20-5-9-24(31)10-6-20)19-23-15-22-16-26(40-4-2)13-14-27(22)33-30(23)39/h5-16,28H,3-4,17-19H2,1-2H3,(H,33,39)/t28-/m0/s1. The topological polar surface area (TPSA) is 88.9 Å². The summed E-state index contributed by atoms with van der Waals surface area (Å²) in [6.07, 6.45) is 0.644. The van der Waals surface area contributed by atoms with Gasteiger partial charge in [0.2, 0.25) is 0 Å². The number of nitrogens with one attached hydrogen (secondary N) is 1. The van der Waals surface area contributed by atoms with E-state index in [4.69, 9.17) is 4.74 Å². The normalized spacial score (nSPS) is 12.2. The number of benzene rings is 3. The van der Waals surface area contributed by atoms with Gasteiger partial charge in [0, 0.05) is 29.6 Å². The minimum atomic E-state index is -0.318. The Hall–Kier alpha value is -4.44.